The number of carbonyl (C=O) groups excluding carboxylic acids is 1. The summed E-state index contributed by atoms with van der Waals surface area (Å²) in [5.41, 5.74) is 3.82. The van der Waals surface area contributed by atoms with Crippen LogP contribution in [0.2, 0.25) is 0 Å². The number of hydrogen-bond donors (Lipinski definition) is 1. The molecule has 4 heterocycles. The van der Waals surface area contributed by atoms with Gasteiger partial charge in [-0.15, -0.1) is 0 Å². The molecule has 9 heteroatoms. The van der Waals surface area contributed by atoms with Crippen LogP contribution in [0, 0.1) is 6.92 Å². The summed E-state index contributed by atoms with van der Waals surface area (Å²) in [6, 6.07) is 15.3. The Kier molecular flexibility index (Phi) is 4.60. The number of aromatic nitrogens is 4. The molecule has 1 amide bonds. The zero-order valence-electron chi connectivity index (χ0n) is 17.9. The average Bonchev–Trinajstić information content (AvgIpc) is 3.59. The zero-order chi connectivity index (χ0) is 22.4. The number of benzene rings is 2. The molecular weight excluding hydrogens is 422 g/mol. The number of aryl methyl sites for hydroxylation is 1. The fourth-order valence-corrected chi connectivity index (χ4v) is 4.30. The van der Waals surface area contributed by atoms with E-state index in [1.807, 2.05) is 48.5 Å². The van der Waals surface area contributed by atoms with Crippen molar-refractivity contribution >= 4 is 5.91 Å². The maximum Gasteiger partial charge on any atom is 0.272 e. The fourth-order valence-electron chi connectivity index (χ4n) is 4.30. The van der Waals surface area contributed by atoms with Crippen molar-refractivity contribution in [2.24, 2.45) is 0 Å². The Morgan fingerprint density at radius 1 is 1.18 bits per heavy atom. The highest BCUT2D eigenvalue weighted by atomic mass is 16.5. The van der Waals surface area contributed by atoms with Crippen LogP contribution >= 0.6 is 0 Å². The van der Waals surface area contributed by atoms with Crippen LogP contribution in [0.1, 0.15) is 28.4 Å². The monoisotopic (exact) mass is 443 g/mol. The van der Waals surface area contributed by atoms with Gasteiger partial charge in [0.2, 0.25) is 11.7 Å². The Balaban J connectivity index is 1.13. The molecule has 0 bridgehead atoms. The maximum atomic E-state index is 13.2. The number of likely N-dealkylation sites (tertiary alicyclic amines) is 1. The number of fused-ring (bicyclic) bond motifs is 3. The van der Waals surface area contributed by atoms with Gasteiger partial charge in [0.05, 0.1) is 6.54 Å². The molecule has 0 aliphatic carbocycles. The Morgan fingerprint density at radius 2 is 2.03 bits per heavy atom. The minimum Gasteiger partial charge on any atom is -0.489 e. The van der Waals surface area contributed by atoms with Crippen LogP contribution in [0.3, 0.4) is 0 Å². The Labute approximate surface area is 189 Å². The van der Waals surface area contributed by atoms with E-state index in [1.165, 1.54) is 0 Å². The summed E-state index contributed by atoms with van der Waals surface area (Å²) in [7, 11) is 0. The number of aromatic amines is 1. The van der Waals surface area contributed by atoms with Crippen LogP contribution in [0.15, 0.2) is 53.1 Å². The number of ether oxygens (including phenoxy) is 2. The zero-order valence-corrected chi connectivity index (χ0v) is 17.9. The van der Waals surface area contributed by atoms with Gasteiger partial charge in [-0.25, -0.2) is 0 Å². The minimum atomic E-state index is -0.0827. The van der Waals surface area contributed by atoms with Crippen LogP contribution in [-0.4, -0.2) is 50.3 Å². The fraction of sp³-hybridized carbons (Fsp3) is 0.250. The summed E-state index contributed by atoms with van der Waals surface area (Å²) in [5.74, 6) is 2.51. The average molecular weight is 443 g/mol. The van der Waals surface area contributed by atoms with Gasteiger partial charge in [0.1, 0.15) is 35.6 Å². The minimum absolute atomic E-state index is 0.0806. The van der Waals surface area contributed by atoms with Gasteiger partial charge >= 0.3 is 0 Å². The second-order valence-corrected chi connectivity index (χ2v) is 8.15. The molecule has 0 saturated carbocycles. The second kappa shape index (κ2) is 7.77. The maximum absolute atomic E-state index is 13.2. The van der Waals surface area contributed by atoms with Crippen LogP contribution < -0.4 is 9.47 Å². The van der Waals surface area contributed by atoms with E-state index in [1.54, 1.807) is 11.8 Å². The summed E-state index contributed by atoms with van der Waals surface area (Å²) >= 11 is 0. The lowest BCUT2D eigenvalue weighted by Gasteiger charge is -2.19. The summed E-state index contributed by atoms with van der Waals surface area (Å²) in [6.07, 6.45) is 0.677. The van der Waals surface area contributed by atoms with E-state index < -0.39 is 0 Å². The quantitative estimate of drug-likeness (QED) is 0.513. The predicted octanol–water partition coefficient (Wildman–Crippen LogP) is 3.62. The lowest BCUT2D eigenvalue weighted by atomic mass is 10.0. The largest absolute Gasteiger partial charge is 0.489 e. The number of rotatable bonds is 4. The van der Waals surface area contributed by atoms with Crippen LogP contribution in [-0.2, 0) is 6.61 Å². The molecule has 1 fully saturated rings. The van der Waals surface area contributed by atoms with Gasteiger partial charge in [0, 0.05) is 36.6 Å². The third-order valence-corrected chi connectivity index (χ3v) is 5.97. The first kappa shape index (κ1) is 19.5. The van der Waals surface area contributed by atoms with E-state index in [0.29, 0.717) is 37.1 Å². The van der Waals surface area contributed by atoms with Gasteiger partial charge in [-0.2, -0.15) is 10.1 Å². The van der Waals surface area contributed by atoms with Crippen molar-refractivity contribution in [3.05, 3.63) is 65.7 Å². The number of hydrogen-bond acceptors (Lipinski definition) is 7. The molecule has 33 heavy (non-hydrogen) atoms. The molecule has 1 atom stereocenters. The molecule has 4 aromatic rings. The molecule has 2 aromatic carbocycles. The van der Waals surface area contributed by atoms with Crippen LogP contribution in [0.4, 0.5) is 0 Å². The van der Waals surface area contributed by atoms with Crippen molar-refractivity contribution in [1.29, 1.82) is 0 Å². The topological polar surface area (TPSA) is 106 Å². The predicted molar refractivity (Wildman–Crippen MR) is 118 cm³/mol. The molecule has 0 radical (unpaired) electrons. The summed E-state index contributed by atoms with van der Waals surface area (Å²) in [6.45, 7) is 3.21. The highest BCUT2D eigenvalue weighted by Gasteiger charge is 2.33. The van der Waals surface area contributed by atoms with Crippen molar-refractivity contribution in [2.75, 3.05) is 13.1 Å². The van der Waals surface area contributed by atoms with E-state index in [2.05, 4.69) is 20.3 Å². The first-order chi connectivity index (χ1) is 16.2. The molecule has 2 aromatic heterocycles. The first-order valence-electron chi connectivity index (χ1n) is 10.8. The van der Waals surface area contributed by atoms with E-state index in [-0.39, 0.29) is 12.0 Å². The van der Waals surface area contributed by atoms with Gasteiger partial charge < -0.3 is 18.9 Å². The lowest BCUT2D eigenvalue weighted by molar-refractivity contribution is 0.0764. The molecule has 9 nitrogen and oxygen atoms in total. The van der Waals surface area contributed by atoms with E-state index >= 15 is 0 Å². The number of amides is 1. The highest BCUT2D eigenvalue weighted by Crippen LogP contribution is 2.37. The number of carbonyl (C=O) groups is 1. The smallest absolute Gasteiger partial charge is 0.272 e. The lowest BCUT2D eigenvalue weighted by Crippen LogP contribution is -2.32. The Morgan fingerprint density at radius 3 is 2.85 bits per heavy atom. The van der Waals surface area contributed by atoms with E-state index in [4.69, 9.17) is 14.0 Å². The highest BCUT2D eigenvalue weighted by molar-refractivity contribution is 5.96. The molecule has 1 N–H and O–H groups in total. The molecule has 2 aliphatic heterocycles. The first-order valence-corrected chi connectivity index (χ1v) is 10.8. The van der Waals surface area contributed by atoms with Crippen molar-refractivity contribution in [1.82, 2.24) is 25.2 Å². The summed E-state index contributed by atoms with van der Waals surface area (Å²) in [4.78, 5) is 19.2. The number of H-pyrrole nitrogens is 1. The van der Waals surface area contributed by atoms with Gasteiger partial charge in [-0.3, -0.25) is 9.89 Å². The van der Waals surface area contributed by atoms with Gasteiger partial charge in [-0.1, -0.05) is 17.3 Å². The summed E-state index contributed by atoms with van der Waals surface area (Å²) < 4.78 is 17.0. The van der Waals surface area contributed by atoms with Gasteiger partial charge in [-0.05, 0) is 36.4 Å². The Bertz CT molecular complexity index is 1330. The third kappa shape index (κ3) is 3.51. The van der Waals surface area contributed by atoms with E-state index in [0.717, 1.165) is 40.3 Å². The van der Waals surface area contributed by atoms with Crippen molar-refractivity contribution in [3.63, 3.8) is 0 Å². The third-order valence-electron chi connectivity index (χ3n) is 5.97. The number of nitrogens with one attached hydrogen (secondary N) is 1. The molecule has 1 unspecified atom stereocenters. The number of nitrogens with zero attached hydrogens (tertiary/aromatic N) is 4. The van der Waals surface area contributed by atoms with Crippen molar-refractivity contribution in [2.45, 2.75) is 26.1 Å². The normalized spacial score (nSPS) is 16.8. The van der Waals surface area contributed by atoms with Crippen molar-refractivity contribution in [3.8, 4) is 34.1 Å². The molecule has 0 spiro atoms. The van der Waals surface area contributed by atoms with Crippen LogP contribution in [0.25, 0.3) is 22.6 Å². The Hall–Kier alpha value is -4.14. The van der Waals surface area contributed by atoms with E-state index in [9.17, 15) is 4.79 Å². The van der Waals surface area contributed by atoms with Gasteiger partial charge in [0.15, 0.2) is 0 Å². The molecule has 2 aliphatic rings. The van der Waals surface area contributed by atoms with Crippen LogP contribution in [0.5, 0.6) is 11.5 Å². The van der Waals surface area contributed by atoms with Gasteiger partial charge in [0.25, 0.3) is 5.91 Å². The number of para-hydroxylation sites is 1. The molecular formula is C24H21N5O4. The standard InChI is InChI=1S/C24H21N5O4/c1-14-25-23(28-33-14)15-6-8-16(9-7-15)32-17-10-11-29(12-17)24(30)22-19-13-31-20-5-3-2-4-18(20)21(19)26-27-22/h2-9,17H,10-13H2,1H3,(H,26,27). The summed E-state index contributed by atoms with van der Waals surface area (Å²) in [5, 5.41) is 11.3. The second-order valence-electron chi connectivity index (χ2n) is 8.15. The molecule has 6 rings (SSSR count). The SMILES string of the molecule is Cc1nc(-c2ccc(OC3CCN(C(=O)c4[nH]nc5c4COc4ccccc4-5)C3)cc2)no1. The van der Waals surface area contributed by atoms with Crippen molar-refractivity contribution < 1.29 is 18.8 Å². The molecule has 1 saturated heterocycles. The molecule has 166 valence electrons.